The summed E-state index contributed by atoms with van der Waals surface area (Å²) in [5, 5.41) is 2.97. The van der Waals surface area contributed by atoms with E-state index in [1.807, 2.05) is 6.92 Å². The van der Waals surface area contributed by atoms with Crippen molar-refractivity contribution in [2.24, 2.45) is 22.6 Å². The van der Waals surface area contributed by atoms with E-state index in [4.69, 9.17) is 5.73 Å². The molecule has 0 atom stereocenters. The number of halogens is 3. The van der Waals surface area contributed by atoms with Gasteiger partial charge in [-0.2, -0.15) is 13.2 Å². The van der Waals surface area contributed by atoms with Gasteiger partial charge in [0.25, 0.3) is 0 Å². The summed E-state index contributed by atoms with van der Waals surface area (Å²) >= 11 is 0. The molecule has 0 aromatic carbocycles. The van der Waals surface area contributed by atoms with Crippen LogP contribution in [0.2, 0.25) is 0 Å². The van der Waals surface area contributed by atoms with E-state index >= 15 is 0 Å². The summed E-state index contributed by atoms with van der Waals surface area (Å²) in [4.78, 5) is 4.07. The van der Waals surface area contributed by atoms with Crippen LogP contribution in [0.1, 0.15) is 32.6 Å². The third-order valence-corrected chi connectivity index (χ3v) is 3.40. The Balaban J connectivity index is 2.26. The standard InChI is InChI=1S/C13H22F3N3/c1-9(2)7-18-12(17)19-8-10-3-5-11(6-4-10)13(14,15)16/h10-11H,1,3-8H2,2H3,(H3,17,18,19). The molecule has 0 aliphatic heterocycles. The molecule has 0 bridgehead atoms. The quantitative estimate of drug-likeness (QED) is 0.471. The molecule has 1 saturated carbocycles. The van der Waals surface area contributed by atoms with Crippen molar-refractivity contribution in [2.75, 3.05) is 13.1 Å². The molecule has 0 heterocycles. The van der Waals surface area contributed by atoms with Crippen LogP contribution < -0.4 is 11.1 Å². The van der Waals surface area contributed by atoms with E-state index in [0.29, 0.717) is 31.9 Å². The number of guanidine groups is 1. The SMILES string of the molecule is C=C(C)CN=C(N)NCC1CCC(C(F)(F)F)CC1. The van der Waals surface area contributed by atoms with Gasteiger partial charge in [-0.1, -0.05) is 12.2 Å². The van der Waals surface area contributed by atoms with E-state index in [9.17, 15) is 13.2 Å². The normalized spacial score (nSPS) is 25.2. The highest BCUT2D eigenvalue weighted by atomic mass is 19.4. The third-order valence-electron chi connectivity index (χ3n) is 3.40. The second-order valence-electron chi connectivity index (χ2n) is 5.30. The number of hydrogen-bond donors (Lipinski definition) is 2. The van der Waals surface area contributed by atoms with E-state index in [1.54, 1.807) is 0 Å². The number of nitrogens with zero attached hydrogens (tertiary/aromatic N) is 1. The van der Waals surface area contributed by atoms with Crippen molar-refractivity contribution in [1.29, 1.82) is 0 Å². The average Bonchev–Trinajstić information content (AvgIpc) is 2.33. The van der Waals surface area contributed by atoms with Crippen LogP contribution in [0, 0.1) is 11.8 Å². The highest BCUT2D eigenvalue weighted by molar-refractivity contribution is 5.77. The summed E-state index contributed by atoms with van der Waals surface area (Å²) in [6.45, 7) is 6.63. The smallest absolute Gasteiger partial charge is 0.370 e. The lowest BCUT2D eigenvalue weighted by Gasteiger charge is -2.29. The third kappa shape index (κ3) is 5.98. The minimum absolute atomic E-state index is 0.221. The summed E-state index contributed by atoms with van der Waals surface area (Å²) in [7, 11) is 0. The molecule has 6 heteroatoms. The number of hydrogen-bond acceptors (Lipinski definition) is 1. The highest BCUT2D eigenvalue weighted by Gasteiger charge is 2.41. The van der Waals surface area contributed by atoms with E-state index in [2.05, 4.69) is 16.9 Å². The molecular weight excluding hydrogens is 255 g/mol. The first-order valence-electron chi connectivity index (χ1n) is 6.54. The molecule has 1 aliphatic rings. The van der Waals surface area contributed by atoms with Crippen LogP contribution in [0.4, 0.5) is 13.2 Å². The van der Waals surface area contributed by atoms with Gasteiger partial charge in [-0.15, -0.1) is 0 Å². The molecule has 110 valence electrons. The first kappa shape index (κ1) is 15.9. The number of nitrogens with two attached hydrogens (primary N) is 1. The molecule has 0 amide bonds. The Morgan fingerprint density at radius 1 is 1.32 bits per heavy atom. The van der Waals surface area contributed by atoms with Gasteiger partial charge in [0.15, 0.2) is 5.96 Å². The van der Waals surface area contributed by atoms with Crippen LogP contribution in [0.3, 0.4) is 0 Å². The van der Waals surface area contributed by atoms with E-state index in [1.165, 1.54) is 0 Å². The van der Waals surface area contributed by atoms with Crippen molar-refractivity contribution in [2.45, 2.75) is 38.8 Å². The predicted octanol–water partition coefficient (Wildman–Crippen LogP) is 2.84. The monoisotopic (exact) mass is 277 g/mol. The van der Waals surface area contributed by atoms with Crippen molar-refractivity contribution >= 4 is 5.96 Å². The van der Waals surface area contributed by atoms with Gasteiger partial charge in [0.05, 0.1) is 12.5 Å². The Labute approximate surface area is 112 Å². The Morgan fingerprint density at radius 2 is 1.89 bits per heavy atom. The van der Waals surface area contributed by atoms with Gasteiger partial charge >= 0.3 is 6.18 Å². The van der Waals surface area contributed by atoms with Crippen LogP contribution in [-0.4, -0.2) is 25.2 Å². The zero-order valence-electron chi connectivity index (χ0n) is 11.3. The van der Waals surface area contributed by atoms with Crippen molar-refractivity contribution in [3.63, 3.8) is 0 Å². The summed E-state index contributed by atoms with van der Waals surface area (Å²) in [6, 6.07) is 0. The number of aliphatic imine (C=N–C) groups is 1. The molecule has 1 aliphatic carbocycles. The highest BCUT2D eigenvalue weighted by Crippen LogP contribution is 2.39. The fourth-order valence-electron chi connectivity index (χ4n) is 2.22. The molecule has 0 unspecified atom stereocenters. The van der Waals surface area contributed by atoms with Crippen LogP contribution in [-0.2, 0) is 0 Å². The molecular formula is C13H22F3N3. The van der Waals surface area contributed by atoms with E-state index in [-0.39, 0.29) is 18.8 Å². The fraction of sp³-hybridized carbons (Fsp3) is 0.769. The maximum absolute atomic E-state index is 12.5. The van der Waals surface area contributed by atoms with Crippen LogP contribution in [0.15, 0.2) is 17.1 Å². The van der Waals surface area contributed by atoms with Crippen molar-refractivity contribution in [3.8, 4) is 0 Å². The van der Waals surface area contributed by atoms with Crippen molar-refractivity contribution < 1.29 is 13.2 Å². The van der Waals surface area contributed by atoms with Crippen molar-refractivity contribution in [1.82, 2.24) is 5.32 Å². The molecule has 3 nitrogen and oxygen atoms in total. The predicted molar refractivity (Wildman–Crippen MR) is 70.8 cm³/mol. The number of nitrogens with one attached hydrogen (secondary N) is 1. The Hall–Kier alpha value is -1.20. The molecule has 0 aromatic rings. The zero-order valence-corrected chi connectivity index (χ0v) is 11.3. The Morgan fingerprint density at radius 3 is 2.37 bits per heavy atom. The molecule has 3 N–H and O–H groups in total. The Kier molecular flexibility index (Phi) is 5.69. The van der Waals surface area contributed by atoms with E-state index < -0.39 is 12.1 Å². The fourth-order valence-corrected chi connectivity index (χ4v) is 2.22. The van der Waals surface area contributed by atoms with Gasteiger partial charge in [-0.25, -0.2) is 4.99 Å². The first-order chi connectivity index (χ1) is 8.79. The lowest BCUT2D eigenvalue weighted by Crippen LogP contribution is -2.37. The van der Waals surface area contributed by atoms with Gasteiger partial charge in [0, 0.05) is 6.54 Å². The van der Waals surface area contributed by atoms with Crippen LogP contribution >= 0.6 is 0 Å². The maximum Gasteiger partial charge on any atom is 0.391 e. The van der Waals surface area contributed by atoms with Gasteiger partial charge in [0.1, 0.15) is 0 Å². The van der Waals surface area contributed by atoms with E-state index in [0.717, 1.165) is 5.57 Å². The van der Waals surface area contributed by atoms with Gasteiger partial charge in [0.2, 0.25) is 0 Å². The average molecular weight is 277 g/mol. The molecule has 0 aromatic heterocycles. The van der Waals surface area contributed by atoms with Gasteiger partial charge in [-0.05, 0) is 38.5 Å². The summed E-state index contributed by atoms with van der Waals surface area (Å²) in [5.74, 6) is -0.545. The maximum atomic E-state index is 12.5. The minimum atomic E-state index is -4.04. The molecule has 0 saturated heterocycles. The topological polar surface area (TPSA) is 50.4 Å². The molecule has 1 fully saturated rings. The lowest BCUT2D eigenvalue weighted by molar-refractivity contribution is -0.183. The van der Waals surface area contributed by atoms with Crippen LogP contribution in [0.25, 0.3) is 0 Å². The van der Waals surface area contributed by atoms with Crippen LogP contribution in [0.5, 0.6) is 0 Å². The van der Waals surface area contributed by atoms with Crippen molar-refractivity contribution in [3.05, 3.63) is 12.2 Å². The minimum Gasteiger partial charge on any atom is -0.370 e. The second-order valence-corrected chi connectivity index (χ2v) is 5.30. The Bertz CT molecular complexity index is 329. The summed E-state index contributed by atoms with van der Waals surface area (Å²) in [6.07, 6.45) is -2.42. The zero-order chi connectivity index (χ0) is 14.5. The number of alkyl halides is 3. The molecule has 0 spiro atoms. The molecule has 19 heavy (non-hydrogen) atoms. The lowest BCUT2D eigenvalue weighted by atomic mass is 9.81. The first-order valence-corrected chi connectivity index (χ1v) is 6.54. The molecule has 0 radical (unpaired) electrons. The summed E-state index contributed by atoms with van der Waals surface area (Å²) < 4.78 is 37.5. The summed E-state index contributed by atoms with van der Waals surface area (Å²) in [5.41, 5.74) is 6.57. The van der Waals surface area contributed by atoms with Gasteiger partial charge in [-0.3, -0.25) is 0 Å². The largest absolute Gasteiger partial charge is 0.391 e. The van der Waals surface area contributed by atoms with Gasteiger partial charge < -0.3 is 11.1 Å². The number of rotatable bonds is 4. The molecule has 1 rings (SSSR count). The second kappa shape index (κ2) is 6.82.